The van der Waals surface area contributed by atoms with E-state index in [-0.39, 0.29) is 5.91 Å². The number of carbonyl (C=O) groups is 1. The van der Waals surface area contributed by atoms with Crippen LogP contribution in [0.5, 0.6) is 0 Å². The van der Waals surface area contributed by atoms with Crippen molar-refractivity contribution >= 4 is 44.8 Å². The van der Waals surface area contributed by atoms with E-state index in [1.165, 1.54) is 11.3 Å². The highest BCUT2D eigenvalue weighted by Gasteiger charge is 2.43. The molecule has 98 valence electrons. The summed E-state index contributed by atoms with van der Waals surface area (Å²) in [5, 5.41) is 2.61. The molecule has 1 aromatic rings. The van der Waals surface area contributed by atoms with E-state index in [2.05, 4.69) is 20.8 Å². The van der Waals surface area contributed by atoms with E-state index in [0.29, 0.717) is 21.9 Å². The molecule has 18 heavy (non-hydrogen) atoms. The number of hydrogen-bond donors (Lipinski definition) is 0. The molecular weight excluding hydrogens is 334 g/mol. The molecule has 0 aromatic carbocycles. The highest BCUT2D eigenvalue weighted by atomic mass is 79.9. The summed E-state index contributed by atoms with van der Waals surface area (Å²) in [6, 6.07) is 0.804. The summed E-state index contributed by atoms with van der Waals surface area (Å²) in [5.41, 5.74) is 1.01. The van der Waals surface area contributed by atoms with Crippen LogP contribution in [0.3, 0.4) is 0 Å². The van der Waals surface area contributed by atoms with Gasteiger partial charge in [-0.2, -0.15) is 0 Å². The van der Waals surface area contributed by atoms with Gasteiger partial charge in [0, 0.05) is 16.9 Å². The van der Waals surface area contributed by atoms with Crippen molar-refractivity contribution in [1.82, 2.24) is 4.90 Å². The molecule has 0 spiro atoms. The van der Waals surface area contributed by atoms with E-state index < -0.39 is 0 Å². The lowest BCUT2D eigenvalue weighted by molar-refractivity contribution is 0.0609. The molecule has 2 fully saturated rings. The highest BCUT2D eigenvalue weighted by Crippen LogP contribution is 2.40. The maximum absolute atomic E-state index is 12.6. The monoisotopic (exact) mass is 347 g/mol. The Bertz CT molecular complexity index is 475. The van der Waals surface area contributed by atoms with E-state index in [1.54, 1.807) is 0 Å². The van der Waals surface area contributed by atoms with Crippen molar-refractivity contribution < 1.29 is 4.79 Å². The molecule has 0 aliphatic carbocycles. The fourth-order valence-electron chi connectivity index (χ4n) is 3.13. The van der Waals surface area contributed by atoms with Crippen LogP contribution < -0.4 is 0 Å². The van der Waals surface area contributed by atoms with Gasteiger partial charge in [0.25, 0.3) is 5.91 Å². The summed E-state index contributed by atoms with van der Waals surface area (Å²) in [6.45, 7) is 1.95. The van der Waals surface area contributed by atoms with Crippen LogP contribution in [-0.4, -0.2) is 27.7 Å². The van der Waals surface area contributed by atoms with Crippen LogP contribution in [0, 0.1) is 6.92 Å². The van der Waals surface area contributed by atoms with Gasteiger partial charge in [-0.25, -0.2) is 0 Å². The fraction of sp³-hybridized carbons (Fsp3) is 0.615. The first-order chi connectivity index (χ1) is 8.58. The smallest absolute Gasteiger partial charge is 0.265 e. The Morgan fingerprint density at radius 3 is 2.56 bits per heavy atom. The number of hydrogen-bond acceptors (Lipinski definition) is 2. The largest absolute Gasteiger partial charge is 0.332 e. The third-order valence-electron chi connectivity index (χ3n) is 4.00. The summed E-state index contributed by atoms with van der Waals surface area (Å²) >= 11 is 11.4. The molecule has 0 radical (unpaired) electrons. The van der Waals surface area contributed by atoms with Crippen LogP contribution in [0.4, 0.5) is 0 Å². The first-order valence-electron chi connectivity index (χ1n) is 6.28. The number of thiophene rings is 1. The molecule has 2 aliphatic heterocycles. The van der Waals surface area contributed by atoms with Gasteiger partial charge in [0.05, 0.1) is 5.02 Å². The first kappa shape index (κ1) is 12.9. The SMILES string of the molecule is Cc1csc(C(=O)N2C3CCC2CC(Br)C3)c1Cl. The van der Waals surface area contributed by atoms with Crippen molar-refractivity contribution in [2.24, 2.45) is 0 Å². The van der Waals surface area contributed by atoms with E-state index in [9.17, 15) is 4.79 Å². The second kappa shape index (κ2) is 4.80. The topological polar surface area (TPSA) is 20.3 Å². The van der Waals surface area contributed by atoms with Crippen LogP contribution in [0.2, 0.25) is 5.02 Å². The lowest BCUT2D eigenvalue weighted by Gasteiger charge is -2.37. The Labute approximate surface area is 124 Å². The van der Waals surface area contributed by atoms with Gasteiger partial charge in [-0.1, -0.05) is 27.5 Å². The van der Waals surface area contributed by atoms with Crippen LogP contribution >= 0.6 is 38.9 Å². The Morgan fingerprint density at radius 1 is 1.44 bits per heavy atom. The standard InChI is InChI=1S/C13H15BrClNOS/c1-7-6-18-12(11(7)15)13(17)16-9-2-3-10(16)5-8(14)4-9/h6,8-10H,2-5H2,1H3. The van der Waals surface area contributed by atoms with Crippen molar-refractivity contribution in [3.8, 4) is 0 Å². The third-order valence-corrected chi connectivity index (χ3v) is 6.44. The molecule has 2 aliphatic rings. The molecule has 2 saturated heterocycles. The molecular formula is C13H15BrClNOS. The van der Waals surface area contributed by atoms with Crippen molar-refractivity contribution in [1.29, 1.82) is 0 Å². The minimum absolute atomic E-state index is 0.144. The molecule has 0 saturated carbocycles. The molecule has 2 atom stereocenters. The summed E-state index contributed by atoms with van der Waals surface area (Å²) in [4.78, 5) is 16.0. The van der Waals surface area contributed by atoms with Crippen molar-refractivity contribution in [3.05, 3.63) is 20.8 Å². The van der Waals surface area contributed by atoms with Crippen LogP contribution in [0.15, 0.2) is 5.38 Å². The maximum atomic E-state index is 12.6. The number of piperidine rings is 1. The van der Waals surface area contributed by atoms with Gasteiger partial charge < -0.3 is 4.90 Å². The average Bonchev–Trinajstić information content (AvgIpc) is 2.79. The molecule has 2 unspecified atom stereocenters. The van der Waals surface area contributed by atoms with E-state index in [1.807, 2.05) is 12.3 Å². The number of amides is 1. The summed E-state index contributed by atoms with van der Waals surface area (Å²) in [5.74, 6) is 0.144. The molecule has 5 heteroatoms. The van der Waals surface area contributed by atoms with Crippen molar-refractivity contribution in [2.75, 3.05) is 0 Å². The molecule has 3 heterocycles. The number of carbonyl (C=O) groups excluding carboxylic acids is 1. The van der Waals surface area contributed by atoms with Crippen molar-refractivity contribution in [3.63, 3.8) is 0 Å². The Hall–Kier alpha value is -0.0600. The fourth-order valence-corrected chi connectivity index (χ4v) is 5.21. The van der Waals surface area contributed by atoms with Gasteiger partial charge >= 0.3 is 0 Å². The molecule has 0 N–H and O–H groups in total. The Kier molecular flexibility index (Phi) is 3.45. The van der Waals surface area contributed by atoms with Gasteiger partial charge in [0.15, 0.2) is 0 Å². The molecule has 2 nitrogen and oxygen atoms in total. The predicted molar refractivity (Wildman–Crippen MR) is 79.0 cm³/mol. The Balaban J connectivity index is 1.88. The van der Waals surface area contributed by atoms with E-state index in [4.69, 9.17) is 11.6 Å². The van der Waals surface area contributed by atoms with Gasteiger partial charge in [0.1, 0.15) is 4.88 Å². The number of alkyl halides is 1. The van der Waals surface area contributed by atoms with Gasteiger partial charge in [-0.3, -0.25) is 4.79 Å². The van der Waals surface area contributed by atoms with Gasteiger partial charge in [0.2, 0.25) is 0 Å². The van der Waals surface area contributed by atoms with E-state index >= 15 is 0 Å². The van der Waals surface area contributed by atoms with Crippen LogP contribution in [0.1, 0.15) is 40.9 Å². The Morgan fingerprint density at radius 2 is 2.06 bits per heavy atom. The minimum atomic E-state index is 0.144. The van der Waals surface area contributed by atoms with Gasteiger partial charge in [-0.05, 0) is 43.6 Å². The van der Waals surface area contributed by atoms with Crippen LogP contribution in [0.25, 0.3) is 0 Å². The summed E-state index contributed by atoms with van der Waals surface area (Å²) < 4.78 is 0. The second-order valence-electron chi connectivity index (χ2n) is 5.23. The minimum Gasteiger partial charge on any atom is -0.332 e. The first-order valence-corrected chi connectivity index (χ1v) is 8.45. The number of fused-ring (bicyclic) bond motifs is 2. The second-order valence-corrected chi connectivity index (χ2v) is 7.78. The number of aryl methyl sites for hydroxylation is 1. The lowest BCUT2D eigenvalue weighted by atomic mass is 10.0. The van der Waals surface area contributed by atoms with Gasteiger partial charge in [-0.15, -0.1) is 11.3 Å². The molecule has 1 aromatic heterocycles. The predicted octanol–water partition coefficient (Wildman–Crippen LogP) is 4.24. The zero-order valence-electron chi connectivity index (χ0n) is 10.2. The number of rotatable bonds is 1. The van der Waals surface area contributed by atoms with Crippen molar-refractivity contribution in [2.45, 2.75) is 49.5 Å². The zero-order chi connectivity index (χ0) is 12.9. The summed E-state index contributed by atoms with van der Waals surface area (Å²) in [7, 11) is 0. The summed E-state index contributed by atoms with van der Waals surface area (Å²) in [6.07, 6.45) is 4.43. The number of nitrogens with zero attached hydrogens (tertiary/aromatic N) is 1. The average molecular weight is 349 g/mol. The quantitative estimate of drug-likeness (QED) is 0.695. The molecule has 3 rings (SSSR count). The molecule has 1 amide bonds. The lowest BCUT2D eigenvalue weighted by Crippen LogP contribution is -2.46. The normalized spacial score (nSPS) is 30.8. The molecule has 2 bridgehead atoms. The highest BCUT2D eigenvalue weighted by molar-refractivity contribution is 9.09. The number of halogens is 2. The third kappa shape index (κ3) is 2.02. The maximum Gasteiger partial charge on any atom is 0.265 e. The van der Waals surface area contributed by atoms with E-state index in [0.717, 1.165) is 36.1 Å². The zero-order valence-corrected chi connectivity index (χ0v) is 13.3. The van der Waals surface area contributed by atoms with Crippen LogP contribution in [-0.2, 0) is 0 Å².